The molecular weight excluding hydrogens is 314 g/mol. The van der Waals surface area contributed by atoms with E-state index in [4.69, 9.17) is 34.8 Å². The van der Waals surface area contributed by atoms with Crippen molar-refractivity contribution in [3.8, 4) is 0 Å². The van der Waals surface area contributed by atoms with Gasteiger partial charge in [-0.1, -0.05) is 66.7 Å². The lowest BCUT2D eigenvalue weighted by atomic mass is 10.4. The highest BCUT2D eigenvalue weighted by Gasteiger charge is 2.29. The Bertz CT molecular complexity index is 79.0. The Morgan fingerprint density at radius 2 is 1.56 bits per heavy atom. The summed E-state index contributed by atoms with van der Waals surface area (Å²) < 4.78 is -1.48. The summed E-state index contributed by atoms with van der Waals surface area (Å²) in [6.45, 7) is 1.87. The zero-order chi connectivity index (χ0) is 7.71. The van der Waals surface area contributed by atoms with E-state index < -0.39 is 3.79 Å². The minimum Gasteiger partial charge on any atom is -0.0836 e. The second kappa shape index (κ2) is 3.48. The molecule has 0 N–H and O–H groups in total. The third-order valence-electron chi connectivity index (χ3n) is 0.511. The van der Waals surface area contributed by atoms with Crippen molar-refractivity contribution in [1.82, 2.24) is 0 Å². The van der Waals surface area contributed by atoms with Crippen LogP contribution in [0, 0.1) is 0 Å². The number of hydrogen-bond acceptors (Lipinski definition) is 0. The van der Waals surface area contributed by atoms with Crippen molar-refractivity contribution in [1.29, 1.82) is 0 Å². The molecule has 0 spiro atoms. The molecule has 0 saturated heterocycles. The predicted octanol–water partition coefficient (Wildman–Crippen LogP) is 4.25. The fraction of sp³-hybridized carbons (Fsp3) is 1.00. The molecule has 56 valence electrons. The quantitative estimate of drug-likeness (QED) is 0.634. The molecule has 0 unspecified atom stereocenters. The van der Waals surface area contributed by atoms with E-state index in [-0.39, 0.29) is 3.23 Å². The smallest absolute Gasteiger partial charge is 0.0836 e. The van der Waals surface area contributed by atoms with Gasteiger partial charge in [0.05, 0.1) is 3.23 Å². The van der Waals surface area contributed by atoms with Crippen LogP contribution in [0.5, 0.6) is 0 Å². The van der Waals surface area contributed by atoms with Crippen LogP contribution in [0.2, 0.25) is 0 Å². The maximum Gasteiger partial charge on any atom is 0.192 e. The summed E-state index contributed by atoms with van der Waals surface area (Å²) in [5, 5.41) is 0. The third-order valence-corrected chi connectivity index (χ3v) is 1.47. The fourth-order valence-corrected chi connectivity index (χ4v) is 2.96. The maximum absolute atomic E-state index is 5.49. The predicted molar refractivity (Wildman–Crippen MR) is 51.2 cm³/mol. The molecule has 0 radical (unpaired) electrons. The average molecular weight is 319 g/mol. The number of halogens is 5. The van der Waals surface area contributed by atoms with Crippen LogP contribution < -0.4 is 0 Å². The van der Waals surface area contributed by atoms with E-state index in [1.807, 2.05) is 6.92 Å². The van der Waals surface area contributed by atoms with Gasteiger partial charge in [0.2, 0.25) is 0 Å². The van der Waals surface area contributed by atoms with Crippen molar-refractivity contribution in [2.75, 3.05) is 0 Å². The second-order valence-electron chi connectivity index (χ2n) is 1.86. The van der Waals surface area contributed by atoms with Crippen LogP contribution in [0.1, 0.15) is 13.3 Å². The number of hydrogen-bond donors (Lipinski definition) is 0. The molecule has 0 aromatic heterocycles. The molecule has 0 fully saturated rings. The van der Waals surface area contributed by atoms with Crippen LogP contribution in [0.15, 0.2) is 0 Å². The average Bonchev–Trinajstić information content (AvgIpc) is 1.14. The van der Waals surface area contributed by atoms with Crippen LogP contribution >= 0.6 is 66.7 Å². The standard InChI is InChI=1S/C4H5Br2Cl3/c1-3(5,6)2-4(7,8)9/h2H2,1H3. The molecule has 5 heteroatoms. The van der Waals surface area contributed by atoms with E-state index in [0.717, 1.165) is 0 Å². The van der Waals surface area contributed by atoms with E-state index in [9.17, 15) is 0 Å². The first-order chi connectivity index (χ1) is 3.71. The Labute approximate surface area is 86.5 Å². The summed E-state index contributed by atoms with van der Waals surface area (Å²) in [5.74, 6) is 0. The topological polar surface area (TPSA) is 0 Å². The highest BCUT2D eigenvalue weighted by molar-refractivity contribution is 9.25. The van der Waals surface area contributed by atoms with E-state index in [0.29, 0.717) is 6.42 Å². The minimum atomic E-state index is -1.19. The van der Waals surface area contributed by atoms with Crippen LogP contribution in [0.4, 0.5) is 0 Å². The van der Waals surface area contributed by atoms with Gasteiger partial charge in [-0.15, -0.1) is 0 Å². The van der Waals surface area contributed by atoms with Gasteiger partial charge in [0.15, 0.2) is 3.79 Å². The first kappa shape index (κ1) is 10.8. The Morgan fingerprint density at radius 3 is 1.56 bits per heavy atom. The fourth-order valence-electron chi connectivity index (χ4n) is 0.352. The molecule has 9 heavy (non-hydrogen) atoms. The molecule has 0 aliphatic heterocycles. The summed E-state index contributed by atoms with van der Waals surface area (Å²) in [4.78, 5) is 0. The molecule has 0 heterocycles. The normalized spacial score (nSPS) is 14.0. The molecule has 0 rings (SSSR count). The van der Waals surface area contributed by atoms with Crippen molar-refractivity contribution in [3.63, 3.8) is 0 Å². The first-order valence-electron chi connectivity index (χ1n) is 2.15. The van der Waals surface area contributed by atoms with Gasteiger partial charge in [0.25, 0.3) is 0 Å². The van der Waals surface area contributed by atoms with E-state index in [1.54, 1.807) is 0 Å². The van der Waals surface area contributed by atoms with Gasteiger partial charge >= 0.3 is 0 Å². The maximum atomic E-state index is 5.49. The van der Waals surface area contributed by atoms with E-state index >= 15 is 0 Å². The lowest BCUT2D eigenvalue weighted by Crippen LogP contribution is -2.15. The monoisotopic (exact) mass is 316 g/mol. The molecule has 0 aliphatic carbocycles. The molecule has 0 aromatic rings. The minimum absolute atomic E-state index is 0.286. The van der Waals surface area contributed by atoms with Gasteiger partial charge in [-0.05, 0) is 6.92 Å². The summed E-state index contributed by atoms with van der Waals surface area (Å²) in [6, 6.07) is 0. The van der Waals surface area contributed by atoms with Gasteiger partial charge in [-0.2, -0.15) is 0 Å². The van der Waals surface area contributed by atoms with Crippen LogP contribution in [-0.4, -0.2) is 7.03 Å². The summed E-state index contributed by atoms with van der Waals surface area (Å²) >= 11 is 23.0. The Balaban J connectivity index is 3.75. The molecule has 0 bridgehead atoms. The lowest BCUT2D eigenvalue weighted by molar-refractivity contribution is 0.817. The zero-order valence-electron chi connectivity index (χ0n) is 4.60. The van der Waals surface area contributed by atoms with Crippen molar-refractivity contribution >= 4 is 66.7 Å². The van der Waals surface area contributed by atoms with Crippen molar-refractivity contribution < 1.29 is 0 Å². The molecule has 0 aromatic carbocycles. The Kier molecular flexibility index (Phi) is 4.19. The Morgan fingerprint density at radius 1 is 1.22 bits per heavy atom. The van der Waals surface area contributed by atoms with Gasteiger partial charge < -0.3 is 0 Å². The molecule has 0 aliphatic rings. The summed E-state index contributed by atoms with van der Waals surface area (Å²) in [7, 11) is 0. The molecule has 0 nitrogen and oxygen atoms in total. The highest BCUT2D eigenvalue weighted by atomic mass is 79.9. The zero-order valence-corrected chi connectivity index (χ0v) is 10.0. The van der Waals surface area contributed by atoms with Crippen LogP contribution in [0.25, 0.3) is 0 Å². The summed E-state index contributed by atoms with van der Waals surface area (Å²) in [5.41, 5.74) is 0. The van der Waals surface area contributed by atoms with Crippen molar-refractivity contribution in [2.45, 2.75) is 20.4 Å². The first-order valence-corrected chi connectivity index (χ1v) is 4.87. The SMILES string of the molecule is CC(Br)(Br)CC(Cl)(Cl)Cl. The third kappa shape index (κ3) is 9.83. The lowest BCUT2D eigenvalue weighted by Gasteiger charge is -2.19. The van der Waals surface area contributed by atoms with E-state index in [1.165, 1.54) is 0 Å². The second-order valence-corrected chi connectivity index (χ2v) is 8.94. The van der Waals surface area contributed by atoms with Crippen LogP contribution in [0.3, 0.4) is 0 Å². The molecule has 0 atom stereocenters. The van der Waals surface area contributed by atoms with Crippen molar-refractivity contribution in [2.24, 2.45) is 0 Å². The molecule has 0 amide bonds. The van der Waals surface area contributed by atoms with Gasteiger partial charge in [-0.25, -0.2) is 0 Å². The van der Waals surface area contributed by atoms with Gasteiger partial charge in [-0.3, -0.25) is 0 Å². The number of alkyl halides is 5. The summed E-state index contributed by atoms with van der Waals surface area (Å²) in [6.07, 6.45) is 0.421. The number of rotatable bonds is 1. The van der Waals surface area contributed by atoms with Gasteiger partial charge in [0, 0.05) is 6.42 Å². The van der Waals surface area contributed by atoms with Crippen LogP contribution in [-0.2, 0) is 0 Å². The Hall–Kier alpha value is 1.83. The van der Waals surface area contributed by atoms with Crippen molar-refractivity contribution in [3.05, 3.63) is 0 Å². The molecular formula is C4H5Br2Cl3. The molecule has 0 saturated carbocycles. The largest absolute Gasteiger partial charge is 0.192 e. The van der Waals surface area contributed by atoms with Gasteiger partial charge in [0.1, 0.15) is 0 Å². The van der Waals surface area contributed by atoms with E-state index in [2.05, 4.69) is 31.9 Å². The highest BCUT2D eigenvalue weighted by Crippen LogP contribution is 2.41.